The van der Waals surface area contributed by atoms with Gasteiger partial charge in [0.05, 0.1) is 44.5 Å². The van der Waals surface area contributed by atoms with Gasteiger partial charge in [0, 0.05) is 5.69 Å². The van der Waals surface area contributed by atoms with Gasteiger partial charge < -0.3 is 24.2 Å². The number of aliphatic hydroxyl groups excluding tert-OH is 1. The maximum atomic E-state index is 12.2. The normalized spacial score (nSPS) is 14.9. The average Bonchev–Trinajstić information content (AvgIpc) is 2.66. The molecule has 1 aliphatic rings. The van der Waals surface area contributed by atoms with Crippen LogP contribution in [0.15, 0.2) is 35.5 Å². The second-order valence-electron chi connectivity index (χ2n) is 5.70. The molecule has 0 amide bonds. The van der Waals surface area contributed by atoms with E-state index in [1.54, 1.807) is 24.3 Å². The molecular weight excluding hydrogens is 378 g/mol. The highest BCUT2D eigenvalue weighted by Crippen LogP contribution is 2.27. The number of benzene rings is 1. The number of carbonyl (C=O) groups excluding carboxylic acids is 2. The largest absolute Gasteiger partial charge is 0.466 e. The maximum Gasteiger partial charge on any atom is 0.355 e. The lowest BCUT2D eigenvalue weighted by atomic mass is 10.1. The van der Waals surface area contributed by atoms with Gasteiger partial charge in [0.15, 0.2) is 9.84 Å². The zero-order chi connectivity index (χ0) is 20.0. The standard InChI is InChI=1S/C17H21NO8S/c1-24-16(20)14-9-26-11-18(15(14)17(21)25-2)13-5-3-12(4-6-13)10-27(22,23)8-7-19/h3-6,19H,7-11H2,1-2H3. The number of methoxy groups -OCH3 is 2. The third-order valence-electron chi connectivity index (χ3n) is 3.87. The zero-order valence-electron chi connectivity index (χ0n) is 15.0. The number of ether oxygens (including phenoxy) is 3. The Morgan fingerprint density at radius 1 is 1.15 bits per heavy atom. The smallest absolute Gasteiger partial charge is 0.355 e. The van der Waals surface area contributed by atoms with E-state index in [4.69, 9.17) is 19.3 Å². The van der Waals surface area contributed by atoms with Crippen molar-refractivity contribution in [2.75, 3.05) is 44.8 Å². The molecule has 0 saturated heterocycles. The topological polar surface area (TPSA) is 119 Å². The highest BCUT2D eigenvalue weighted by Gasteiger charge is 2.32. The van der Waals surface area contributed by atoms with Crippen molar-refractivity contribution < 1.29 is 37.3 Å². The van der Waals surface area contributed by atoms with Crippen LogP contribution in [0.25, 0.3) is 0 Å². The van der Waals surface area contributed by atoms with E-state index in [0.29, 0.717) is 11.3 Å². The predicted molar refractivity (Wildman–Crippen MR) is 95.4 cm³/mol. The Hall–Kier alpha value is -2.43. The molecule has 0 spiro atoms. The summed E-state index contributed by atoms with van der Waals surface area (Å²) < 4.78 is 38.5. The summed E-state index contributed by atoms with van der Waals surface area (Å²) in [6.45, 7) is -0.521. The van der Waals surface area contributed by atoms with Crippen LogP contribution in [0.1, 0.15) is 5.56 Å². The molecule has 1 heterocycles. The molecule has 0 saturated carbocycles. The Kier molecular flexibility index (Phi) is 6.94. The van der Waals surface area contributed by atoms with Gasteiger partial charge in [0.25, 0.3) is 0 Å². The van der Waals surface area contributed by atoms with Crippen molar-refractivity contribution in [2.24, 2.45) is 0 Å². The molecular formula is C17H21NO8S. The molecule has 0 fully saturated rings. The van der Waals surface area contributed by atoms with Gasteiger partial charge in [-0.15, -0.1) is 0 Å². The summed E-state index contributed by atoms with van der Waals surface area (Å²) in [5.41, 5.74) is 1.09. The lowest BCUT2D eigenvalue weighted by molar-refractivity contribution is -0.140. The van der Waals surface area contributed by atoms with Crippen LogP contribution in [-0.2, 0) is 39.4 Å². The van der Waals surface area contributed by atoms with Crippen LogP contribution in [0, 0.1) is 0 Å². The van der Waals surface area contributed by atoms with Gasteiger partial charge in [-0.05, 0) is 17.7 Å². The Morgan fingerprint density at radius 2 is 1.78 bits per heavy atom. The lowest BCUT2D eigenvalue weighted by Crippen LogP contribution is -2.38. The van der Waals surface area contributed by atoms with Crippen molar-refractivity contribution in [1.82, 2.24) is 0 Å². The van der Waals surface area contributed by atoms with Gasteiger partial charge in [-0.2, -0.15) is 0 Å². The number of hydrogen-bond donors (Lipinski definition) is 1. The van der Waals surface area contributed by atoms with E-state index in [1.807, 2.05) is 0 Å². The highest BCUT2D eigenvalue weighted by atomic mass is 32.2. The molecule has 0 aromatic heterocycles. The van der Waals surface area contributed by atoms with Gasteiger partial charge in [-0.25, -0.2) is 18.0 Å². The van der Waals surface area contributed by atoms with Crippen LogP contribution in [0.3, 0.4) is 0 Å². The van der Waals surface area contributed by atoms with E-state index < -0.39 is 28.4 Å². The lowest BCUT2D eigenvalue weighted by Gasteiger charge is -2.31. The van der Waals surface area contributed by atoms with Gasteiger partial charge in [-0.3, -0.25) is 0 Å². The third kappa shape index (κ3) is 5.06. The summed E-state index contributed by atoms with van der Waals surface area (Å²) in [6, 6.07) is 6.39. The molecule has 0 bridgehead atoms. The zero-order valence-corrected chi connectivity index (χ0v) is 15.8. The molecule has 27 heavy (non-hydrogen) atoms. The third-order valence-corrected chi connectivity index (χ3v) is 5.45. The van der Waals surface area contributed by atoms with E-state index in [9.17, 15) is 18.0 Å². The minimum absolute atomic E-state index is 0.00703. The first-order valence-corrected chi connectivity index (χ1v) is 9.80. The van der Waals surface area contributed by atoms with Gasteiger partial charge in [0.1, 0.15) is 12.4 Å². The van der Waals surface area contributed by atoms with Crippen molar-refractivity contribution >= 4 is 27.5 Å². The number of esters is 2. The van der Waals surface area contributed by atoms with Crippen LogP contribution < -0.4 is 4.90 Å². The maximum absolute atomic E-state index is 12.2. The Bertz CT molecular complexity index is 829. The summed E-state index contributed by atoms with van der Waals surface area (Å²) >= 11 is 0. The van der Waals surface area contributed by atoms with E-state index >= 15 is 0 Å². The minimum Gasteiger partial charge on any atom is -0.466 e. The fourth-order valence-corrected chi connectivity index (χ4v) is 3.71. The van der Waals surface area contributed by atoms with Crippen molar-refractivity contribution in [3.05, 3.63) is 41.1 Å². The molecule has 0 atom stereocenters. The number of anilines is 1. The number of hydrogen-bond acceptors (Lipinski definition) is 9. The monoisotopic (exact) mass is 399 g/mol. The van der Waals surface area contributed by atoms with E-state index in [-0.39, 0.29) is 36.1 Å². The van der Waals surface area contributed by atoms with Gasteiger partial charge in [0.2, 0.25) is 0 Å². The second-order valence-corrected chi connectivity index (χ2v) is 7.88. The highest BCUT2D eigenvalue weighted by molar-refractivity contribution is 7.90. The van der Waals surface area contributed by atoms with Gasteiger partial charge >= 0.3 is 11.9 Å². The van der Waals surface area contributed by atoms with Crippen molar-refractivity contribution in [1.29, 1.82) is 0 Å². The number of sulfone groups is 1. The molecule has 10 heteroatoms. The first-order valence-electron chi connectivity index (χ1n) is 7.98. The van der Waals surface area contributed by atoms with E-state index in [1.165, 1.54) is 19.1 Å². The molecule has 9 nitrogen and oxygen atoms in total. The van der Waals surface area contributed by atoms with Crippen LogP contribution >= 0.6 is 0 Å². The SMILES string of the molecule is COC(=O)C1=C(C(=O)OC)N(c2ccc(CS(=O)(=O)CCO)cc2)COC1. The fourth-order valence-electron chi connectivity index (χ4n) is 2.58. The summed E-state index contributed by atoms with van der Waals surface area (Å²) in [6.07, 6.45) is 0. The Morgan fingerprint density at radius 3 is 2.33 bits per heavy atom. The summed E-state index contributed by atoms with van der Waals surface area (Å²) in [5, 5.41) is 8.80. The molecule has 1 aromatic rings. The van der Waals surface area contributed by atoms with Crippen LogP contribution in [0.2, 0.25) is 0 Å². The average molecular weight is 399 g/mol. The molecule has 0 unspecified atom stereocenters. The Balaban J connectivity index is 2.35. The molecule has 0 aliphatic carbocycles. The molecule has 0 radical (unpaired) electrons. The predicted octanol–water partition coefficient (Wildman–Crippen LogP) is -0.0121. The fraction of sp³-hybridized carbons (Fsp3) is 0.412. The van der Waals surface area contributed by atoms with E-state index in [0.717, 1.165) is 0 Å². The Labute approximate surface area is 157 Å². The summed E-state index contributed by atoms with van der Waals surface area (Å²) in [4.78, 5) is 25.6. The van der Waals surface area contributed by atoms with Crippen LogP contribution in [0.5, 0.6) is 0 Å². The van der Waals surface area contributed by atoms with Crippen molar-refractivity contribution in [3.8, 4) is 0 Å². The number of nitrogens with zero attached hydrogens (tertiary/aromatic N) is 1. The number of aliphatic hydroxyl groups is 1. The molecule has 1 N–H and O–H groups in total. The van der Waals surface area contributed by atoms with Crippen molar-refractivity contribution in [3.63, 3.8) is 0 Å². The number of rotatable bonds is 7. The molecule has 1 aromatic carbocycles. The first-order chi connectivity index (χ1) is 12.8. The van der Waals surface area contributed by atoms with Crippen molar-refractivity contribution in [2.45, 2.75) is 5.75 Å². The first kappa shape index (κ1) is 20.9. The second kappa shape index (κ2) is 8.98. The summed E-state index contributed by atoms with van der Waals surface area (Å²) in [7, 11) is -1.01. The quantitative estimate of drug-likeness (QED) is 0.631. The van der Waals surface area contributed by atoms with Gasteiger partial charge in [-0.1, -0.05) is 12.1 Å². The summed E-state index contributed by atoms with van der Waals surface area (Å²) in [5.74, 6) is -1.94. The van der Waals surface area contributed by atoms with E-state index in [2.05, 4.69) is 0 Å². The molecule has 2 rings (SSSR count). The molecule has 148 valence electrons. The number of carbonyl (C=O) groups is 2. The van der Waals surface area contributed by atoms with Crippen LogP contribution in [-0.4, -0.2) is 65.4 Å². The minimum atomic E-state index is -3.41. The molecule has 1 aliphatic heterocycles. The van der Waals surface area contributed by atoms with Crippen LogP contribution in [0.4, 0.5) is 5.69 Å².